The molecule has 1 aliphatic rings. The molecule has 0 spiro atoms. The fourth-order valence-electron chi connectivity index (χ4n) is 2.33. The van der Waals surface area contributed by atoms with E-state index in [2.05, 4.69) is 11.6 Å². The predicted octanol–water partition coefficient (Wildman–Crippen LogP) is 2.36. The highest BCUT2D eigenvalue weighted by Crippen LogP contribution is 2.27. The van der Waals surface area contributed by atoms with Crippen LogP contribution in [-0.2, 0) is 0 Å². The van der Waals surface area contributed by atoms with E-state index in [4.69, 9.17) is 0 Å². The zero-order valence-corrected chi connectivity index (χ0v) is 12.3. The third-order valence-corrected chi connectivity index (χ3v) is 5.29. The van der Waals surface area contributed by atoms with E-state index in [0.717, 1.165) is 17.5 Å². The van der Waals surface area contributed by atoms with Crippen LogP contribution in [0.4, 0.5) is 0 Å². The maximum absolute atomic E-state index is 10.1. The van der Waals surface area contributed by atoms with Crippen molar-refractivity contribution in [3.05, 3.63) is 0 Å². The lowest BCUT2D eigenvalue weighted by Crippen LogP contribution is -2.48. The quantitative estimate of drug-likeness (QED) is 0.770. The molecule has 1 fully saturated rings. The van der Waals surface area contributed by atoms with Crippen LogP contribution in [0.15, 0.2) is 0 Å². The van der Waals surface area contributed by atoms with E-state index in [9.17, 15) is 5.11 Å². The van der Waals surface area contributed by atoms with Crippen molar-refractivity contribution in [1.29, 1.82) is 0 Å². The molecular weight excluding hydrogens is 238 g/mol. The van der Waals surface area contributed by atoms with Crippen LogP contribution in [0.1, 0.15) is 32.6 Å². The summed E-state index contributed by atoms with van der Waals surface area (Å²) < 4.78 is 0. The first kappa shape index (κ1) is 14.7. The van der Waals surface area contributed by atoms with Crippen molar-refractivity contribution >= 4 is 23.5 Å². The van der Waals surface area contributed by atoms with Gasteiger partial charge in [-0.15, -0.1) is 0 Å². The minimum absolute atomic E-state index is 0.570. The second kappa shape index (κ2) is 7.14. The Morgan fingerprint density at radius 3 is 2.62 bits per heavy atom. The van der Waals surface area contributed by atoms with Crippen molar-refractivity contribution < 1.29 is 5.11 Å². The van der Waals surface area contributed by atoms with E-state index in [1.54, 1.807) is 11.8 Å². The molecule has 0 aromatic carbocycles. The van der Waals surface area contributed by atoms with Crippen LogP contribution in [0.3, 0.4) is 0 Å². The topological polar surface area (TPSA) is 32.3 Å². The van der Waals surface area contributed by atoms with Gasteiger partial charge >= 0.3 is 0 Å². The smallest absolute Gasteiger partial charge is 0.0833 e. The fraction of sp³-hybridized carbons (Fsp3) is 1.00. The molecular formula is C12H25NOS2. The Kier molecular flexibility index (Phi) is 6.55. The van der Waals surface area contributed by atoms with Gasteiger partial charge < -0.3 is 10.4 Å². The molecule has 0 aromatic rings. The van der Waals surface area contributed by atoms with E-state index >= 15 is 0 Å². The van der Waals surface area contributed by atoms with Crippen LogP contribution in [0.2, 0.25) is 0 Å². The van der Waals surface area contributed by atoms with Crippen LogP contribution in [-0.4, -0.2) is 46.8 Å². The van der Waals surface area contributed by atoms with E-state index < -0.39 is 5.60 Å². The summed E-state index contributed by atoms with van der Waals surface area (Å²) in [5, 5.41) is 14.4. The van der Waals surface area contributed by atoms with Crippen LogP contribution >= 0.6 is 23.5 Å². The summed E-state index contributed by atoms with van der Waals surface area (Å²) in [6.07, 6.45) is 9.53. The van der Waals surface area contributed by atoms with Gasteiger partial charge in [-0.05, 0) is 32.3 Å². The van der Waals surface area contributed by atoms with Crippen LogP contribution in [0.25, 0.3) is 0 Å². The largest absolute Gasteiger partial charge is 0.388 e. The van der Waals surface area contributed by atoms with E-state index in [-0.39, 0.29) is 0 Å². The standard InChI is InChI=1S/C12H25NOS2/c1-12(14,9-15-2)8-13-10-6-4-5-7-11(10)16-3/h10-11,13-14H,4-9H2,1-3H3. The molecule has 3 atom stereocenters. The maximum atomic E-state index is 10.1. The predicted molar refractivity (Wildman–Crippen MR) is 76.6 cm³/mol. The van der Waals surface area contributed by atoms with Gasteiger partial charge in [-0.2, -0.15) is 23.5 Å². The lowest BCUT2D eigenvalue weighted by molar-refractivity contribution is 0.0799. The van der Waals surface area contributed by atoms with Crippen LogP contribution in [0.5, 0.6) is 0 Å². The first-order chi connectivity index (χ1) is 7.59. The highest BCUT2D eigenvalue weighted by atomic mass is 32.2. The summed E-state index contributed by atoms with van der Waals surface area (Å²) in [5.41, 5.74) is -0.570. The highest BCUT2D eigenvalue weighted by molar-refractivity contribution is 7.99. The molecule has 2 N–H and O–H groups in total. The van der Waals surface area contributed by atoms with Gasteiger partial charge in [-0.1, -0.05) is 12.8 Å². The first-order valence-electron chi connectivity index (χ1n) is 6.06. The number of hydrogen-bond donors (Lipinski definition) is 2. The Morgan fingerprint density at radius 2 is 2.00 bits per heavy atom. The molecule has 0 bridgehead atoms. The molecule has 1 aliphatic carbocycles. The van der Waals surface area contributed by atoms with E-state index in [1.807, 2.05) is 24.9 Å². The Balaban J connectivity index is 2.34. The molecule has 0 saturated heterocycles. The molecule has 2 nitrogen and oxygen atoms in total. The molecule has 3 unspecified atom stereocenters. The second-order valence-corrected chi connectivity index (χ2v) is 6.92. The van der Waals surface area contributed by atoms with Crippen molar-refractivity contribution in [3.63, 3.8) is 0 Å². The Morgan fingerprint density at radius 1 is 1.31 bits per heavy atom. The molecule has 4 heteroatoms. The van der Waals surface area contributed by atoms with Crippen molar-refractivity contribution in [2.45, 2.75) is 49.5 Å². The van der Waals surface area contributed by atoms with Crippen LogP contribution in [0, 0.1) is 0 Å². The summed E-state index contributed by atoms with van der Waals surface area (Å²) in [7, 11) is 0. The Hall–Kier alpha value is 0.620. The minimum Gasteiger partial charge on any atom is -0.388 e. The summed E-state index contributed by atoms with van der Waals surface area (Å²) in [5.74, 6) is 0.802. The lowest BCUT2D eigenvalue weighted by Gasteiger charge is -2.34. The molecule has 96 valence electrons. The van der Waals surface area contributed by atoms with E-state index in [1.165, 1.54) is 25.7 Å². The van der Waals surface area contributed by atoms with Gasteiger partial charge in [0.1, 0.15) is 0 Å². The molecule has 0 amide bonds. The van der Waals surface area contributed by atoms with E-state index in [0.29, 0.717) is 6.04 Å². The molecule has 16 heavy (non-hydrogen) atoms. The van der Waals surface area contributed by atoms with Gasteiger partial charge in [-0.3, -0.25) is 0 Å². The third-order valence-electron chi connectivity index (χ3n) is 3.21. The highest BCUT2D eigenvalue weighted by Gasteiger charge is 2.27. The lowest BCUT2D eigenvalue weighted by atomic mass is 9.94. The number of rotatable bonds is 6. The fourth-order valence-corrected chi connectivity index (χ4v) is 4.01. The van der Waals surface area contributed by atoms with Crippen molar-refractivity contribution in [1.82, 2.24) is 5.32 Å². The van der Waals surface area contributed by atoms with Gasteiger partial charge in [0.25, 0.3) is 0 Å². The summed E-state index contributed by atoms with van der Waals surface area (Å²) in [4.78, 5) is 0. The van der Waals surface area contributed by atoms with Gasteiger partial charge in [0.05, 0.1) is 5.60 Å². The van der Waals surface area contributed by atoms with Gasteiger partial charge in [0.2, 0.25) is 0 Å². The number of thioether (sulfide) groups is 2. The molecule has 1 saturated carbocycles. The maximum Gasteiger partial charge on any atom is 0.0833 e. The normalized spacial score (nSPS) is 30.0. The third kappa shape index (κ3) is 4.86. The summed E-state index contributed by atoms with van der Waals surface area (Å²) in [6, 6.07) is 0.595. The Bertz CT molecular complexity index is 199. The average molecular weight is 263 g/mol. The Labute approximate surface area is 108 Å². The van der Waals surface area contributed by atoms with Crippen molar-refractivity contribution in [2.75, 3.05) is 24.8 Å². The number of aliphatic hydroxyl groups is 1. The number of hydrogen-bond acceptors (Lipinski definition) is 4. The second-order valence-electron chi connectivity index (χ2n) is 4.98. The zero-order chi connectivity index (χ0) is 12.0. The first-order valence-corrected chi connectivity index (χ1v) is 8.75. The minimum atomic E-state index is -0.570. The van der Waals surface area contributed by atoms with Crippen molar-refractivity contribution in [2.24, 2.45) is 0 Å². The molecule has 0 radical (unpaired) electrons. The van der Waals surface area contributed by atoms with Crippen LogP contribution < -0.4 is 5.32 Å². The van der Waals surface area contributed by atoms with Gasteiger partial charge in [0, 0.05) is 23.6 Å². The SMILES string of the molecule is CSCC(C)(O)CNC1CCCCC1SC. The zero-order valence-electron chi connectivity index (χ0n) is 10.7. The molecule has 1 rings (SSSR count). The summed E-state index contributed by atoms with van der Waals surface area (Å²) in [6.45, 7) is 2.64. The summed E-state index contributed by atoms with van der Waals surface area (Å²) >= 11 is 3.67. The molecule has 0 heterocycles. The number of nitrogens with one attached hydrogen (secondary N) is 1. The van der Waals surface area contributed by atoms with Gasteiger partial charge in [-0.25, -0.2) is 0 Å². The molecule has 0 aliphatic heterocycles. The molecule has 0 aromatic heterocycles. The van der Waals surface area contributed by atoms with Crippen molar-refractivity contribution in [3.8, 4) is 0 Å². The average Bonchev–Trinajstić information content (AvgIpc) is 2.27. The monoisotopic (exact) mass is 263 g/mol. The van der Waals surface area contributed by atoms with Gasteiger partial charge in [0.15, 0.2) is 0 Å².